The second-order valence-corrected chi connectivity index (χ2v) is 8.91. The van der Waals surface area contributed by atoms with Crippen molar-refractivity contribution in [3.05, 3.63) is 58.3 Å². The van der Waals surface area contributed by atoms with Crippen LogP contribution in [0.15, 0.2) is 47.8 Å². The molecule has 5 heteroatoms. The first kappa shape index (κ1) is 21.0. The van der Waals surface area contributed by atoms with Gasteiger partial charge in [-0.05, 0) is 42.3 Å². The van der Waals surface area contributed by atoms with Gasteiger partial charge in [0.05, 0.1) is 19.1 Å². The molecule has 1 aromatic heterocycles. The van der Waals surface area contributed by atoms with Gasteiger partial charge in [-0.3, -0.25) is 4.79 Å². The van der Waals surface area contributed by atoms with Crippen molar-refractivity contribution in [1.29, 1.82) is 0 Å². The number of carbonyl (C=O) groups excluding carboxylic acids is 1. The number of likely N-dealkylation sites (N-methyl/N-ethyl adjacent to an activating group) is 1. The molecule has 28 heavy (non-hydrogen) atoms. The minimum atomic E-state index is -0.0726. The quantitative estimate of drug-likeness (QED) is 0.702. The third-order valence-corrected chi connectivity index (χ3v) is 6.89. The standard InChI is InChI=1S/C23H32N2O2S/c1-3-19-15-25(23(27)14-20-10-7-13-28-20)22(17-26)21(19)16-24(2)12-11-18-8-5-4-6-9-18/h4-10,13,19,21-22,26H,3,11-12,14-17H2,1-2H3/t19-,21-,22-/m1/s1. The zero-order valence-electron chi connectivity index (χ0n) is 17.0. The monoisotopic (exact) mass is 400 g/mol. The predicted octanol–water partition coefficient (Wildman–Crippen LogP) is 3.31. The number of aliphatic hydroxyl groups is 1. The molecule has 3 rings (SSSR count). The number of hydrogen-bond donors (Lipinski definition) is 1. The molecule has 3 atom stereocenters. The Morgan fingerprint density at radius 2 is 2.04 bits per heavy atom. The summed E-state index contributed by atoms with van der Waals surface area (Å²) in [4.78, 5) is 18.3. The Morgan fingerprint density at radius 1 is 1.25 bits per heavy atom. The van der Waals surface area contributed by atoms with Crippen LogP contribution in [0.2, 0.25) is 0 Å². The highest BCUT2D eigenvalue weighted by Gasteiger charge is 2.42. The second kappa shape index (κ2) is 10.2. The maximum atomic E-state index is 12.9. The highest BCUT2D eigenvalue weighted by molar-refractivity contribution is 7.10. The van der Waals surface area contributed by atoms with Crippen molar-refractivity contribution in [2.45, 2.75) is 32.2 Å². The number of hydrogen-bond acceptors (Lipinski definition) is 4. The maximum absolute atomic E-state index is 12.9. The number of amides is 1. The number of thiophene rings is 1. The van der Waals surface area contributed by atoms with Crippen molar-refractivity contribution < 1.29 is 9.90 Å². The topological polar surface area (TPSA) is 43.8 Å². The van der Waals surface area contributed by atoms with Crippen LogP contribution < -0.4 is 0 Å². The van der Waals surface area contributed by atoms with Crippen LogP contribution in [0.5, 0.6) is 0 Å². The van der Waals surface area contributed by atoms with Gasteiger partial charge in [0.2, 0.25) is 5.91 Å². The Kier molecular flexibility index (Phi) is 7.65. The molecule has 2 heterocycles. The summed E-state index contributed by atoms with van der Waals surface area (Å²) < 4.78 is 0. The SMILES string of the molecule is CC[C@@H]1CN(C(=O)Cc2cccs2)[C@H](CO)[C@@H]1CN(C)CCc1ccccc1. The van der Waals surface area contributed by atoms with Gasteiger partial charge < -0.3 is 14.9 Å². The number of rotatable bonds is 9. The number of aliphatic hydroxyl groups excluding tert-OH is 1. The van der Waals surface area contributed by atoms with E-state index in [0.717, 1.165) is 37.4 Å². The van der Waals surface area contributed by atoms with E-state index in [4.69, 9.17) is 0 Å². The van der Waals surface area contributed by atoms with Crippen molar-refractivity contribution in [2.24, 2.45) is 11.8 Å². The number of benzene rings is 1. The molecule has 0 saturated carbocycles. The minimum absolute atomic E-state index is 0.0455. The Bertz CT molecular complexity index is 719. The van der Waals surface area contributed by atoms with Crippen LogP contribution in [0.25, 0.3) is 0 Å². The second-order valence-electron chi connectivity index (χ2n) is 7.88. The molecule has 0 unspecified atom stereocenters. The Morgan fingerprint density at radius 3 is 2.68 bits per heavy atom. The van der Waals surface area contributed by atoms with Gasteiger partial charge in [0.1, 0.15) is 0 Å². The lowest BCUT2D eigenvalue weighted by Gasteiger charge is -2.30. The lowest BCUT2D eigenvalue weighted by atomic mass is 9.88. The first-order valence-electron chi connectivity index (χ1n) is 10.3. The van der Waals surface area contributed by atoms with E-state index in [1.165, 1.54) is 5.56 Å². The molecule has 0 radical (unpaired) electrons. The summed E-state index contributed by atoms with van der Waals surface area (Å²) in [6.07, 6.45) is 2.50. The fourth-order valence-electron chi connectivity index (χ4n) is 4.37. The Balaban J connectivity index is 1.60. The van der Waals surface area contributed by atoms with E-state index in [1.54, 1.807) is 11.3 Å². The molecule has 0 aliphatic carbocycles. The van der Waals surface area contributed by atoms with E-state index in [0.29, 0.717) is 18.3 Å². The molecule has 1 aromatic carbocycles. The van der Waals surface area contributed by atoms with Gasteiger partial charge in [-0.15, -0.1) is 11.3 Å². The van der Waals surface area contributed by atoms with E-state index < -0.39 is 0 Å². The van der Waals surface area contributed by atoms with Gasteiger partial charge in [0, 0.05) is 24.5 Å². The average Bonchev–Trinajstić information content (AvgIpc) is 3.34. The third kappa shape index (κ3) is 5.22. The van der Waals surface area contributed by atoms with Crippen LogP contribution in [0.3, 0.4) is 0 Å². The highest BCUT2D eigenvalue weighted by Crippen LogP contribution is 2.33. The van der Waals surface area contributed by atoms with E-state index in [1.807, 2.05) is 28.5 Å². The molecular formula is C23H32N2O2S. The van der Waals surface area contributed by atoms with Gasteiger partial charge in [-0.25, -0.2) is 0 Å². The highest BCUT2D eigenvalue weighted by atomic mass is 32.1. The molecule has 152 valence electrons. The molecule has 4 nitrogen and oxygen atoms in total. The van der Waals surface area contributed by atoms with Crippen LogP contribution in [-0.2, 0) is 17.6 Å². The van der Waals surface area contributed by atoms with Crippen molar-refractivity contribution in [1.82, 2.24) is 9.80 Å². The molecular weight excluding hydrogens is 368 g/mol. The van der Waals surface area contributed by atoms with Gasteiger partial charge in [0.25, 0.3) is 0 Å². The van der Waals surface area contributed by atoms with Crippen LogP contribution in [0, 0.1) is 11.8 Å². The van der Waals surface area contributed by atoms with Gasteiger partial charge >= 0.3 is 0 Å². The average molecular weight is 401 g/mol. The van der Waals surface area contributed by atoms with Gasteiger partial charge in [-0.1, -0.05) is 49.7 Å². The van der Waals surface area contributed by atoms with E-state index in [9.17, 15) is 9.90 Å². The van der Waals surface area contributed by atoms with Crippen LogP contribution in [-0.4, -0.2) is 60.1 Å². The van der Waals surface area contributed by atoms with Gasteiger partial charge in [-0.2, -0.15) is 0 Å². The van der Waals surface area contributed by atoms with Crippen molar-refractivity contribution in [2.75, 3.05) is 33.3 Å². The van der Waals surface area contributed by atoms with Crippen molar-refractivity contribution in [3.8, 4) is 0 Å². The van der Waals surface area contributed by atoms with Crippen LogP contribution in [0.4, 0.5) is 0 Å². The zero-order valence-corrected chi connectivity index (χ0v) is 17.8. The van der Waals surface area contributed by atoms with Crippen LogP contribution >= 0.6 is 11.3 Å². The summed E-state index contributed by atoms with van der Waals surface area (Å²) in [6.45, 7) is 4.91. The molecule has 0 bridgehead atoms. The molecule has 1 N–H and O–H groups in total. The summed E-state index contributed by atoms with van der Waals surface area (Å²) in [6, 6.07) is 14.5. The summed E-state index contributed by atoms with van der Waals surface area (Å²) in [5.74, 6) is 0.918. The van der Waals surface area contributed by atoms with Crippen molar-refractivity contribution >= 4 is 17.2 Å². The number of nitrogens with zero attached hydrogens (tertiary/aromatic N) is 2. The van der Waals surface area contributed by atoms with Gasteiger partial charge in [0.15, 0.2) is 0 Å². The van der Waals surface area contributed by atoms with Crippen molar-refractivity contribution in [3.63, 3.8) is 0 Å². The fraction of sp³-hybridized carbons (Fsp3) is 0.522. The fourth-order valence-corrected chi connectivity index (χ4v) is 5.07. The summed E-state index contributed by atoms with van der Waals surface area (Å²) >= 11 is 1.62. The lowest BCUT2D eigenvalue weighted by Crippen LogP contribution is -2.43. The minimum Gasteiger partial charge on any atom is -0.394 e. The number of likely N-dealkylation sites (tertiary alicyclic amines) is 1. The zero-order chi connectivity index (χ0) is 19.9. The first-order chi connectivity index (χ1) is 13.6. The first-order valence-corrected chi connectivity index (χ1v) is 11.2. The summed E-state index contributed by atoms with van der Waals surface area (Å²) in [5, 5.41) is 12.1. The lowest BCUT2D eigenvalue weighted by molar-refractivity contribution is -0.132. The van der Waals surface area contributed by atoms with Crippen LogP contribution in [0.1, 0.15) is 23.8 Å². The molecule has 1 aliphatic heterocycles. The van der Waals surface area contributed by atoms with E-state index in [2.05, 4.69) is 43.1 Å². The third-order valence-electron chi connectivity index (χ3n) is 6.02. The summed E-state index contributed by atoms with van der Waals surface area (Å²) in [7, 11) is 2.15. The molecule has 1 saturated heterocycles. The molecule has 0 spiro atoms. The number of carbonyl (C=O) groups is 1. The summed E-state index contributed by atoms with van der Waals surface area (Å²) in [5.41, 5.74) is 1.35. The largest absolute Gasteiger partial charge is 0.394 e. The Hall–Kier alpha value is -1.69. The molecule has 2 aromatic rings. The molecule has 1 amide bonds. The normalized spacial score (nSPS) is 22.1. The maximum Gasteiger partial charge on any atom is 0.228 e. The predicted molar refractivity (Wildman–Crippen MR) is 116 cm³/mol. The molecule has 1 aliphatic rings. The van der Waals surface area contributed by atoms with E-state index in [-0.39, 0.29) is 18.6 Å². The molecule has 1 fully saturated rings. The van der Waals surface area contributed by atoms with E-state index >= 15 is 0 Å². The smallest absolute Gasteiger partial charge is 0.228 e. The Labute approximate surface area is 172 Å².